The van der Waals surface area contributed by atoms with E-state index in [-0.39, 0.29) is 0 Å². The molecule has 0 aliphatic carbocycles. The van der Waals surface area contributed by atoms with E-state index in [9.17, 15) is 5.11 Å². The molecule has 2 nitrogen and oxygen atoms in total. The van der Waals surface area contributed by atoms with Gasteiger partial charge in [-0.05, 0) is 50.9 Å². The van der Waals surface area contributed by atoms with Gasteiger partial charge in [0.05, 0.1) is 0 Å². The molecule has 1 fully saturated rings. The van der Waals surface area contributed by atoms with Crippen LogP contribution in [0.5, 0.6) is 5.75 Å². The number of aryl methyl sites for hydroxylation is 1. The largest absolute Gasteiger partial charge is 0.507 e. The molecule has 0 radical (unpaired) electrons. The maximum Gasteiger partial charge on any atom is 0.123 e. The summed E-state index contributed by atoms with van der Waals surface area (Å²) in [5.74, 6) is 0.453. The molecule has 1 aliphatic rings. The van der Waals surface area contributed by atoms with Gasteiger partial charge in [0.1, 0.15) is 5.75 Å². The fourth-order valence-corrected chi connectivity index (χ4v) is 3.33. The SMILES string of the molecule is Cc1cc(Br)cc(CN2CCCCCC2C)c1O. The molecule has 1 aromatic rings. The number of benzene rings is 1. The molecule has 0 spiro atoms. The van der Waals surface area contributed by atoms with Crippen LogP contribution >= 0.6 is 15.9 Å². The zero-order chi connectivity index (χ0) is 13.1. The van der Waals surface area contributed by atoms with Crippen LogP contribution in [-0.2, 0) is 6.54 Å². The Balaban J connectivity index is 2.17. The first-order chi connectivity index (χ1) is 8.58. The van der Waals surface area contributed by atoms with Crippen molar-refractivity contribution in [3.05, 3.63) is 27.7 Å². The number of rotatable bonds is 2. The van der Waals surface area contributed by atoms with Gasteiger partial charge in [-0.2, -0.15) is 0 Å². The maximum absolute atomic E-state index is 10.2. The van der Waals surface area contributed by atoms with Gasteiger partial charge in [0.25, 0.3) is 0 Å². The zero-order valence-electron chi connectivity index (χ0n) is 11.2. The monoisotopic (exact) mass is 311 g/mol. The third-order valence-electron chi connectivity index (χ3n) is 3.91. The van der Waals surface area contributed by atoms with Gasteiger partial charge in [-0.25, -0.2) is 0 Å². The lowest BCUT2D eigenvalue weighted by Crippen LogP contribution is -2.32. The summed E-state index contributed by atoms with van der Waals surface area (Å²) in [6.07, 6.45) is 5.22. The molecular weight excluding hydrogens is 290 g/mol. The van der Waals surface area contributed by atoms with Crippen LogP contribution in [0.2, 0.25) is 0 Å². The molecule has 0 saturated carbocycles. The van der Waals surface area contributed by atoms with Crippen molar-refractivity contribution < 1.29 is 5.11 Å². The normalized spacial score (nSPS) is 21.8. The number of phenols is 1. The average Bonchev–Trinajstić information content (AvgIpc) is 2.51. The summed E-state index contributed by atoms with van der Waals surface area (Å²) in [7, 11) is 0. The Morgan fingerprint density at radius 3 is 2.89 bits per heavy atom. The van der Waals surface area contributed by atoms with E-state index in [1.54, 1.807) is 0 Å². The van der Waals surface area contributed by atoms with Gasteiger partial charge >= 0.3 is 0 Å². The van der Waals surface area contributed by atoms with Crippen molar-refractivity contribution in [3.8, 4) is 5.75 Å². The van der Waals surface area contributed by atoms with Gasteiger partial charge in [0, 0.05) is 22.6 Å². The second kappa shape index (κ2) is 6.07. The average molecular weight is 312 g/mol. The number of hydrogen-bond acceptors (Lipinski definition) is 2. The van der Waals surface area contributed by atoms with E-state index < -0.39 is 0 Å². The van der Waals surface area contributed by atoms with Gasteiger partial charge in [-0.15, -0.1) is 0 Å². The summed E-state index contributed by atoms with van der Waals surface area (Å²) in [6, 6.07) is 4.62. The molecule has 1 saturated heterocycles. The smallest absolute Gasteiger partial charge is 0.123 e. The second-order valence-corrected chi connectivity index (χ2v) is 6.31. The molecule has 1 atom stereocenters. The molecule has 0 bridgehead atoms. The fraction of sp³-hybridized carbons (Fsp3) is 0.600. The lowest BCUT2D eigenvalue weighted by atomic mass is 10.1. The highest BCUT2D eigenvalue weighted by Crippen LogP contribution is 2.29. The minimum Gasteiger partial charge on any atom is -0.507 e. The van der Waals surface area contributed by atoms with Crippen LogP contribution in [0.3, 0.4) is 0 Å². The third-order valence-corrected chi connectivity index (χ3v) is 4.37. The van der Waals surface area contributed by atoms with Crippen molar-refractivity contribution in [3.63, 3.8) is 0 Å². The van der Waals surface area contributed by atoms with Gasteiger partial charge in [0.15, 0.2) is 0 Å². The summed E-state index contributed by atoms with van der Waals surface area (Å²) < 4.78 is 1.05. The number of likely N-dealkylation sites (tertiary alicyclic amines) is 1. The van der Waals surface area contributed by atoms with E-state index in [4.69, 9.17) is 0 Å². The molecule has 2 rings (SSSR count). The summed E-state index contributed by atoms with van der Waals surface area (Å²) in [6.45, 7) is 6.25. The molecule has 1 N–H and O–H groups in total. The van der Waals surface area contributed by atoms with Crippen LogP contribution in [0, 0.1) is 6.92 Å². The second-order valence-electron chi connectivity index (χ2n) is 5.40. The summed E-state index contributed by atoms with van der Waals surface area (Å²) in [4.78, 5) is 2.49. The number of phenolic OH excluding ortho intramolecular Hbond substituents is 1. The lowest BCUT2D eigenvalue weighted by molar-refractivity contribution is 0.202. The Kier molecular flexibility index (Phi) is 4.68. The minimum atomic E-state index is 0.453. The van der Waals surface area contributed by atoms with Crippen molar-refractivity contribution in [1.82, 2.24) is 4.90 Å². The van der Waals surface area contributed by atoms with E-state index in [1.807, 2.05) is 19.1 Å². The summed E-state index contributed by atoms with van der Waals surface area (Å²) in [5, 5.41) is 10.2. The van der Waals surface area contributed by atoms with Crippen molar-refractivity contribution in [1.29, 1.82) is 0 Å². The molecule has 1 aliphatic heterocycles. The zero-order valence-corrected chi connectivity index (χ0v) is 12.8. The molecule has 1 aromatic carbocycles. The lowest BCUT2D eigenvalue weighted by Gasteiger charge is -2.27. The van der Waals surface area contributed by atoms with E-state index in [1.165, 1.54) is 25.7 Å². The van der Waals surface area contributed by atoms with Crippen LogP contribution < -0.4 is 0 Å². The van der Waals surface area contributed by atoms with Gasteiger partial charge in [-0.3, -0.25) is 4.90 Å². The fourth-order valence-electron chi connectivity index (χ4n) is 2.71. The first-order valence-electron chi connectivity index (χ1n) is 6.80. The Bertz CT molecular complexity index is 419. The summed E-state index contributed by atoms with van der Waals surface area (Å²) >= 11 is 3.51. The van der Waals surface area contributed by atoms with Crippen LogP contribution in [0.25, 0.3) is 0 Å². The van der Waals surface area contributed by atoms with Crippen LogP contribution in [0.1, 0.15) is 43.7 Å². The molecule has 1 unspecified atom stereocenters. The Labute approximate surface area is 118 Å². The molecule has 1 heterocycles. The van der Waals surface area contributed by atoms with Gasteiger partial charge in [-0.1, -0.05) is 28.8 Å². The first-order valence-corrected chi connectivity index (χ1v) is 7.59. The van der Waals surface area contributed by atoms with Crippen LogP contribution in [-0.4, -0.2) is 22.6 Å². The van der Waals surface area contributed by atoms with Crippen molar-refractivity contribution in [2.24, 2.45) is 0 Å². The Hall–Kier alpha value is -0.540. The van der Waals surface area contributed by atoms with Crippen LogP contribution in [0.4, 0.5) is 0 Å². The third kappa shape index (κ3) is 3.27. The van der Waals surface area contributed by atoms with E-state index in [0.29, 0.717) is 11.8 Å². The first kappa shape index (κ1) is 13.9. The highest BCUT2D eigenvalue weighted by Gasteiger charge is 2.18. The highest BCUT2D eigenvalue weighted by molar-refractivity contribution is 9.10. The predicted octanol–water partition coefficient (Wildman–Crippen LogP) is 4.23. The van der Waals surface area contributed by atoms with E-state index in [2.05, 4.69) is 27.8 Å². The highest BCUT2D eigenvalue weighted by atomic mass is 79.9. The van der Waals surface area contributed by atoms with Crippen molar-refractivity contribution in [2.45, 2.75) is 52.1 Å². The number of halogens is 1. The number of hydrogen-bond donors (Lipinski definition) is 1. The molecule has 18 heavy (non-hydrogen) atoms. The molecule has 0 aromatic heterocycles. The molecule has 100 valence electrons. The molecular formula is C15H22BrNO. The molecule has 3 heteroatoms. The maximum atomic E-state index is 10.2. The van der Waals surface area contributed by atoms with Crippen LogP contribution in [0.15, 0.2) is 16.6 Å². The van der Waals surface area contributed by atoms with Gasteiger partial charge < -0.3 is 5.11 Å². The Morgan fingerprint density at radius 2 is 2.11 bits per heavy atom. The van der Waals surface area contributed by atoms with E-state index in [0.717, 1.165) is 28.7 Å². The molecule has 0 amide bonds. The number of aromatic hydroxyl groups is 1. The number of nitrogens with zero attached hydrogens (tertiary/aromatic N) is 1. The predicted molar refractivity (Wildman–Crippen MR) is 78.9 cm³/mol. The van der Waals surface area contributed by atoms with Crippen molar-refractivity contribution in [2.75, 3.05) is 6.54 Å². The topological polar surface area (TPSA) is 23.5 Å². The van der Waals surface area contributed by atoms with Gasteiger partial charge in [0.2, 0.25) is 0 Å². The quantitative estimate of drug-likeness (QED) is 0.883. The van der Waals surface area contributed by atoms with E-state index >= 15 is 0 Å². The standard InChI is InChI=1S/C15H22BrNO/c1-11-8-14(16)9-13(15(11)18)10-17-7-5-3-4-6-12(17)2/h8-9,12,18H,3-7,10H2,1-2H3. The Morgan fingerprint density at radius 1 is 1.33 bits per heavy atom. The minimum absolute atomic E-state index is 0.453. The summed E-state index contributed by atoms with van der Waals surface area (Å²) in [5.41, 5.74) is 1.98. The van der Waals surface area contributed by atoms with Crippen molar-refractivity contribution >= 4 is 15.9 Å².